The summed E-state index contributed by atoms with van der Waals surface area (Å²) in [6, 6.07) is 0. The number of thiophene rings is 1. The van der Waals surface area contributed by atoms with Crippen molar-refractivity contribution in [2.45, 2.75) is 45.1 Å². The molecule has 1 aromatic heterocycles. The van der Waals surface area contributed by atoms with Crippen LogP contribution in [-0.4, -0.2) is 0 Å². The minimum Gasteiger partial charge on any atom is -0.326 e. The topological polar surface area (TPSA) is 26.0 Å². The molecule has 0 saturated heterocycles. The summed E-state index contributed by atoms with van der Waals surface area (Å²) in [5, 5.41) is 0. The Balaban J connectivity index is 2.47. The largest absolute Gasteiger partial charge is 0.326 e. The Morgan fingerprint density at radius 1 is 1.57 bits per heavy atom. The van der Waals surface area contributed by atoms with Crippen molar-refractivity contribution in [2.24, 2.45) is 5.73 Å². The second-order valence-corrected chi connectivity index (χ2v) is 5.60. The normalized spacial score (nSPS) is 20.9. The summed E-state index contributed by atoms with van der Waals surface area (Å²) in [7, 11) is 0. The minimum absolute atomic E-state index is 0.598. The zero-order chi connectivity index (χ0) is 10.1. The number of hydrogen-bond donors (Lipinski definition) is 1. The van der Waals surface area contributed by atoms with Crippen LogP contribution in [0.4, 0.5) is 0 Å². The average molecular weight is 230 g/mol. The summed E-state index contributed by atoms with van der Waals surface area (Å²) in [5.41, 5.74) is 8.48. The number of nitrogens with two attached hydrogens (primary N) is 1. The van der Waals surface area contributed by atoms with Crippen LogP contribution >= 0.6 is 22.9 Å². The number of halogens is 1. The number of fused-ring (bicyclic) bond motifs is 1. The molecule has 0 spiro atoms. The second-order valence-electron chi connectivity index (χ2n) is 3.89. The van der Waals surface area contributed by atoms with E-state index in [-0.39, 0.29) is 0 Å². The zero-order valence-electron chi connectivity index (χ0n) is 8.48. The summed E-state index contributed by atoms with van der Waals surface area (Å²) in [4.78, 5) is 1.49. The highest BCUT2D eigenvalue weighted by atomic mass is 35.5. The molecule has 1 unspecified atom stereocenters. The molecule has 0 fully saturated rings. The molecule has 3 heteroatoms. The van der Waals surface area contributed by atoms with Crippen LogP contribution in [0.1, 0.15) is 48.1 Å². The quantitative estimate of drug-likeness (QED) is 0.823. The first kappa shape index (κ1) is 10.5. The van der Waals surface area contributed by atoms with Crippen LogP contribution in [0.3, 0.4) is 0 Å². The molecule has 2 rings (SSSR count). The lowest BCUT2D eigenvalue weighted by Gasteiger charge is -2.22. The van der Waals surface area contributed by atoms with Crippen LogP contribution in [0, 0.1) is 0 Å². The molecule has 0 aliphatic heterocycles. The van der Waals surface area contributed by atoms with Gasteiger partial charge in [0.15, 0.2) is 0 Å². The maximum absolute atomic E-state index is 6.20. The van der Waals surface area contributed by atoms with Gasteiger partial charge in [0.25, 0.3) is 0 Å². The lowest BCUT2D eigenvalue weighted by Crippen LogP contribution is -2.10. The first-order valence-corrected chi connectivity index (χ1v) is 6.47. The molecule has 1 aliphatic carbocycles. The summed E-state index contributed by atoms with van der Waals surface area (Å²) >= 11 is 7.94. The molecule has 1 nitrogen and oxygen atoms in total. The third-order valence-electron chi connectivity index (χ3n) is 3.14. The average Bonchev–Trinajstić information content (AvgIpc) is 2.52. The Morgan fingerprint density at radius 3 is 3.00 bits per heavy atom. The maximum atomic E-state index is 6.20. The molecule has 1 aliphatic rings. The SMILES string of the molecule is CCC1CCCc2sc(Cl)c(CN)c21. The highest BCUT2D eigenvalue weighted by Crippen LogP contribution is 2.43. The van der Waals surface area contributed by atoms with Crippen molar-refractivity contribution in [3.63, 3.8) is 0 Å². The molecular formula is C11H16ClNS. The van der Waals surface area contributed by atoms with E-state index >= 15 is 0 Å². The van der Waals surface area contributed by atoms with E-state index in [9.17, 15) is 0 Å². The van der Waals surface area contributed by atoms with Gasteiger partial charge in [-0.25, -0.2) is 0 Å². The van der Waals surface area contributed by atoms with Gasteiger partial charge < -0.3 is 5.73 Å². The summed E-state index contributed by atoms with van der Waals surface area (Å²) in [6.45, 7) is 2.85. The standard InChI is InChI=1S/C11H16ClNS/c1-2-7-4-3-5-9-10(7)8(6-13)11(12)14-9/h7H,2-6,13H2,1H3. The van der Waals surface area contributed by atoms with E-state index in [4.69, 9.17) is 17.3 Å². The zero-order valence-corrected chi connectivity index (χ0v) is 10.0. The smallest absolute Gasteiger partial charge is 0.0979 e. The summed E-state index contributed by atoms with van der Waals surface area (Å²) in [6.07, 6.45) is 5.04. The van der Waals surface area contributed by atoms with Gasteiger partial charge in [0.05, 0.1) is 4.34 Å². The van der Waals surface area contributed by atoms with Crippen molar-refractivity contribution < 1.29 is 0 Å². The van der Waals surface area contributed by atoms with Crippen LogP contribution < -0.4 is 5.73 Å². The predicted octanol–water partition coefficient (Wildman–Crippen LogP) is 3.69. The van der Waals surface area contributed by atoms with Gasteiger partial charge in [0.2, 0.25) is 0 Å². The molecule has 14 heavy (non-hydrogen) atoms. The second kappa shape index (κ2) is 4.21. The number of hydrogen-bond acceptors (Lipinski definition) is 2. The fourth-order valence-corrected chi connectivity index (χ4v) is 4.05. The lowest BCUT2D eigenvalue weighted by atomic mass is 9.84. The van der Waals surface area contributed by atoms with Gasteiger partial charge in [0.1, 0.15) is 0 Å². The lowest BCUT2D eigenvalue weighted by molar-refractivity contribution is 0.542. The Morgan fingerprint density at radius 2 is 2.36 bits per heavy atom. The van der Waals surface area contributed by atoms with Crippen LogP contribution in [0.25, 0.3) is 0 Å². The maximum Gasteiger partial charge on any atom is 0.0979 e. The molecule has 0 aromatic carbocycles. The molecule has 0 radical (unpaired) electrons. The molecule has 1 aromatic rings. The van der Waals surface area contributed by atoms with Crippen molar-refractivity contribution in [1.29, 1.82) is 0 Å². The molecular weight excluding hydrogens is 214 g/mol. The van der Waals surface area contributed by atoms with Gasteiger partial charge in [-0.1, -0.05) is 18.5 Å². The van der Waals surface area contributed by atoms with E-state index in [1.165, 1.54) is 41.7 Å². The molecule has 0 amide bonds. The van der Waals surface area contributed by atoms with Crippen molar-refractivity contribution in [2.75, 3.05) is 0 Å². The monoisotopic (exact) mass is 229 g/mol. The van der Waals surface area contributed by atoms with Gasteiger partial charge >= 0.3 is 0 Å². The van der Waals surface area contributed by atoms with Gasteiger partial charge in [0, 0.05) is 11.4 Å². The number of rotatable bonds is 2. The molecule has 78 valence electrons. The van der Waals surface area contributed by atoms with Crippen LogP contribution in [0.15, 0.2) is 0 Å². The minimum atomic E-state index is 0.598. The third kappa shape index (κ3) is 1.60. The van der Waals surface area contributed by atoms with Crippen LogP contribution in [0.5, 0.6) is 0 Å². The van der Waals surface area contributed by atoms with Gasteiger partial charge in [-0.15, -0.1) is 11.3 Å². The van der Waals surface area contributed by atoms with Crippen molar-refractivity contribution in [3.8, 4) is 0 Å². The van der Waals surface area contributed by atoms with Gasteiger partial charge in [-0.2, -0.15) is 0 Å². The molecule has 0 bridgehead atoms. The molecule has 1 atom stereocenters. The highest BCUT2D eigenvalue weighted by Gasteiger charge is 2.25. The summed E-state index contributed by atoms with van der Waals surface area (Å²) in [5.74, 6) is 0.709. The Kier molecular flexibility index (Phi) is 3.15. The van der Waals surface area contributed by atoms with Crippen LogP contribution in [0.2, 0.25) is 4.34 Å². The van der Waals surface area contributed by atoms with E-state index in [0.717, 1.165) is 4.34 Å². The van der Waals surface area contributed by atoms with Gasteiger partial charge in [-0.05, 0) is 42.7 Å². The van der Waals surface area contributed by atoms with Crippen LogP contribution in [-0.2, 0) is 13.0 Å². The fraction of sp³-hybridized carbons (Fsp3) is 0.636. The first-order chi connectivity index (χ1) is 6.77. The third-order valence-corrected chi connectivity index (χ3v) is 4.69. The Labute approximate surface area is 94.3 Å². The van der Waals surface area contributed by atoms with Gasteiger partial charge in [-0.3, -0.25) is 0 Å². The first-order valence-electron chi connectivity index (χ1n) is 5.27. The molecule has 0 saturated carbocycles. The highest BCUT2D eigenvalue weighted by molar-refractivity contribution is 7.16. The predicted molar refractivity (Wildman–Crippen MR) is 63.2 cm³/mol. The van der Waals surface area contributed by atoms with E-state index in [2.05, 4.69) is 6.92 Å². The fourth-order valence-electron chi connectivity index (χ4n) is 2.41. The van der Waals surface area contributed by atoms with E-state index in [0.29, 0.717) is 12.5 Å². The molecule has 1 heterocycles. The molecule has 2 N–H and O–H groups in total. The summed E-state index contributed by atoms with van der Waals surface area (Å²) < 4.78 is 0.929. The van der Waals surface area contributed by atoms with Crippen molar-refractivity contribution in [1.82, 2.24) is 0 Å². The number of aryl methyl sites for hydroxylation is 1. The van der Waals surface area contributed by atoms with Crippen molar-refractivity contribution >= 4 is 22.9 Å². The van der Waals surface area contributed by atoms with E-state index in [1.807, 2.05) is 0 Å². The van der Waals surface area contributed by atoms with Crippen molar-refractivity contribution in [3.05, 3.63) is 20.3 Å². The Hall–Kier alpha value is -0.0500. The van der Waals surface area contributed by atoms with E-state index < -0.39 is 0 Å². The Bertz CT molecular complexity index is 332. The van der Waals surface area contributed by atoms with E-state index in [1.54, 1.807) is 11.3 Å².